The van der Waals surface area contributed by atoms with E-state index < -0.39 is 5.97 Å². The van der Waals surface area contributed by atoms with Crippen LogP contribution in [0.2, 0.25) is 0 Å². The van der Waals surface area contributed by atoms with Crippen molar-refractivity contribution in [2.45, 2.75) is 38.1 Å². The number of hydrogen-bond donors (Lipinski definition) is 1. The summed E-state index contributed by atoms with van der Waals surface area (Å²) < 4.78 is 10.5. The number of halogens is 1. The van der Waals surface area contributed by atoms with Crippen molar-refractivity contribution in [1.29, 1.82) is 0 Å². The average molecular weight is 457 g/mol. The second-order valence-corrected chi connectivity index (χ2v) is 7.78. The molecular weight excluding hydrogens is 428 g/mol. The first kappa shape index (κ1) is 23.6. The lowest BCUT2D eigenvalue weighted by Crippen LogP contribution is -2.34. The number of hydrogen-bond acceptors (Lipinski definition) is 7. The van der Waals surface area contributed by atoms with Crippen LogP contribution in [-0.4, -0.2) is 42.7 Å². The molecule has 170 valence electrons. The Bertz CT molecular complexity index is 1040. The van der Waals surface area contributed by atoms with Gasteiger partial charge in [-0.05, 0) is 37.1 Å². The van der Waals surface area contributed by atoms with E-state index in [0.29, 0.717) is 29.1 Å². The molecule has 7 nitrogen and oxygen atoms in total. The van der Waals surface area contributed by atoms with Gasteiger partial charge in [0.15, 0.2) is 6.61 Å². The molecule has 0 saturated heterocycles. The molecule has 0 atom stereocenters. The third-order valence-electron chi connectivity index (χ3n) is 5.73. The molecule has 0 bridgehead atoms. The predicted molar refractivity (Wildman–Crippen MR) is 129 cm³/mol. The van der Waals surface area contributed by atoms with Gasteiger partial charge >= 0.3 is 5.97 Å². The Morgan fingerprint density at radius 1 is 1.06 bits per heavy atom. The number of methoxy groups -OCH3 is 1. The van der Waals surface area contributed by atoms with Crippen molar-refractivity contribution in [3.63, 3.8) is 0 Å². The van der Waals surface area contributed by atoms with E-state index in [1.165, 1.54) is 26.4 Å². The second-order valence-electron chi connectivity index (χ2n) is 7.78. The maximum atomic E-state index is 11.6. The molecule has 0 radical (unpaired) electrons. The third-order valence-corrected chi connectivity index (χ3v) is 5.73. The van der Waals surface area contributed by atoms with E-state index in [4.69, 9.17) is 19.4 Å². The molecule has 0 aliphatic heterocycles. The highest BCUT2D eigenvalue weighted by molar-refractivity contribution is 5.95. The summed E-state index contributed by atoms with van der Waals surface area (Å²) in [6.45, 7) is -0.172. The van der Waals surface area contributed by atoms with Gasteiger partial charge in [0.1, 0.15) is 17.1 Å². The van der Waals surface area contributed by atoms with Crippen molar-refractivity contribution >= 4 is 46.7 Å². The molecule has 8 heteroatoms. The van der Waals surface area contributed by atoms with Gasteiger partial charge in [0.05, 0.1) is 7.11 Å². The maximum absolute atomic E-state index is 11.6. The van der Waals surface area contributed by atoms with Crippen LogP contribution in [0.5, 0.6) is 5.75 Å². The lowest BCUT2D eigenvalue weighted by Gasteiger charge is -2.31. The van der Waals surface area contributed by atoms with E-state index >= 15 is 0 Å². The van der Waals surface area contributed by atoms with Crippen LogP contribution < -0.4 is 15.0 Å². The molecule has 1 aliphatic carbocycles. The van der Waals surface area contributed by atoms with Crippen LogP contribution in [0.3, 0.4) is 0 Å². The first-order valence-corrected chi connectivity index (χ1v) is 10.7. The first-order chi connectivity index (χ1) is 15.2. The molecule has 1 N–H and O–H groups in total. The minimum Gasteiger partial charge on any atom is -0.480 e. The van der Waals surface area contributed by atoms with E-state index in [0.717, 1.165) is 23.9 Å². The Morgan fingerprint density at radius 3 is 2.53 bits per heavy atom. The van der Waals surface area contributed by atoms with E-state index in [1.54, 1.807) is 0 Å². The fraction of sp³-hybridized carbons (Fsp3) is 0.375. The summed E-state index contributed by atoms with van der Waals surface area (Å²) in [4.78, 5) is 23.5. The molecule has 2 aromatic carbocycles. The monoisotopic (exact) mass is 456 g/mol. The molecule has 4 rings (SSSR count). The number of benzene rings is 2. The fourth-order valence-corrected chi connectivity index (χ4v) is 3.97. The van der Waals surface area contributed by atoms with Gasteiger partial charge in [0.25, 0.3) is 0 Å². The Kier molecular flexibility index (Phi) is 8.11. The van der Waals surface area contributed by atoms with Gasteiger partial charge in [-0.1, -0.05) is 43.5 Å². The number of nitrogens with one attached hydrogen (secondary N) is 1. The third kappa shape index (κ3) is 5.40. The highest BCUT2D eigenvalue weighted by atomic mass is 35.5. The highest BCUT2D eigenvalue weighted by Gasteiger charge is 2.22. The molecule has 0 unspecified atom stereocenters. The number of carbonyl (C=O) groups is 1. The molecule has 3 aromatic rings. The van der Waals surface area contributed by atoms with Crippen molar-refractivity contribution in [2.75, 3.05) is 31.0 Å². The van der Waals surface area contributed by atoms with Gasteiger partial charge in [0, 0.05) is 24.2 Å². The number of nitrogens with zero attached hydrogens (tertiary/aromatic N) is 3. The summed E-state index contributed by atoms with van der Waals surface area (Å²) in [6.07, 6.45) is 6.02. The van der Waals surface area contributed by atoms with Gasteiger partial charge in [-0.2, -0.15) is 4.98 Å². The number of para-hydroxylation sites is 2. The largest absolute Gasteiger partial charge is 0.480 e. The number of aromatic nitrogens is 2. The van der Waals surface area contributed by atoms with Crippen LogP contribution in [0.1, 0.15) is 32.1 Å². The fourth-order valence-electron chi connectivity index (χ4n) is 3.97. The zero-order valence-electron chi connectivity index (χ0n) is 18.4. The normalized spacial score (nSPS) is 13.8. The summed E-state index contributed by atoms with van der Waals surface area (Å²) in [7, 11) is 3.40. The van der Waals surface area contributed by atoms with Gasteiger partial charge in [-0.3, -0.25) is 0 Å². The number of fused-ring (bicyclic) bond motifs is 1. The molecule has 1 aromatic heterocycles. The lowest BCUT2D eigenvalue weighted by molar-refractivity contribution is -0.142. The van der Waals surface area contributed by atoms with Crippen LogP contribution in [0.25, 0.3) is 10.9 Å². The topological polar surface area (TPSA) is 76.6 Å². The molecular formula is C24H29ClN4O3. The van der Waals surface area contributed by atoms with E-state index in [1.807, 2.05) is 48.5 Å². The Labute approximate surface area is 194 Å². The Hall–Kier alpha value is -3.06. The summed E-state index contributed by atoms with van der Waals surface area (Å²) in [5.41, 5.74) is 1.60. The minimum atomic E-state index is -0.437. The van der Waals surface area contributed by atoms with Crippen LogP contribution in [-0.2, 0) is 9.53 Å². The minimum absolute atomic E-state index is 0. The quantitative estimate of drug-likeness (QED) is 0.494. The van der Waals surface area contributed by atoms with E-state index in [2.05, 4.69) is 17.3 Å². The number of ether oxygens (including phenoxy) is 2. The van der Waals surface area contributed by atoms with Gasteiger partial charge in [-0.15, -0.1) is 12.4 Å². The van der Waals surface area contributed by atoms with Gasteiger partial charge in [0.2, 0.25) is 5.95 Å². The molecule has 1 heterocycles. The van der Waals surface area contributed by atoms with Crippen LogP contribution in [0.15, 0.2) is 48.5 Å². The number of anilines is 3. The first-order valence-electron chi connectivity index (χ1n) is 10.7. The van der Waals surface area contributed by atoms with E-state index in [-0.39, 0.29) is 19.0 Å². The standard InChI is InChI=1S/C24H28N4O3.ClH/c1-28(18-12-7-4-8-13-18)24-26-22-19(14-9-15-20(22)31-16-21(29)30-2)23(27-24)25-17-10-5-3-6-11-17;/h3,5-6,9-11,14-15,18H,4,7-8,12-13,16H2,1-2H3,(H,25,26,27);1H. The Morgan fingerprint density at radius 2 is 1.81 bits per heavy atom. The van der Waals surface area contributed by atoms with Gasteiger partial charge in [-0.25, -0.2) is 9.78 Å². The molecule has 32 heavy (non-hydrogen) atoms. The highest BCUT2D eigenvalue weighted by Crippen LogP contribution is 2.33. The summed E-state index contributed by atoms with van der Waals surface area (Å²) in [6, 6.07) is 16.0. The summed E-state index contributed by atoms with van der Waals surface area (Å²) in [5.74, 6) is 1.44. The molecule has 1 aliphatic rings. The average Bonchev–Trinajstić information content (AvgIpc) is 2.83. The van der Waals surface area contributed by atoms with Crippen LogP contribution >= 0.6 is 12.4 Å². The Balaban J connectivity index is 0.00000289. The van der Waals surface area contributed by atoms with Crippen LogP contribution in [0, 0.1) is 0 Å². The summed E-state index contributed by atoms with van der Waals surface area (Å²) >= 11 is 0. The van der Waals surface area contributed by atoms with Crippen molar-refractivity contribution in [2.24, 2.45) is 0 Å². The smallest absolute Gasteiger partial charge is 0.343 e. The van der Waals surface area contributed by atoms with E-state index in [9.17, 15) is 4.79 Å². The number of rotatable bonds is 7. The van der Waals surface area contributed by atoms with Crippen molar-refractivity contribution in [3.05, 3.63) is 48.5 Å². The zero-order valence-corrected chi connectivity index (χ0v) is 19.2. The molecule has 0 spiro atoms. The summed E-state index contributed by atoms with van der Waals surface area (Å²) in [5, 5.41) is 4.25. The number of esters is 1. The van der Waals surface area contributed by atoms with Crippen LogP contribution in [0.4, 0.5) is 17.5 Å². The zero-order chi connectivity index (χ0) is 21.6. The van der Waals surface area contributed by atoms with Crippen molar-refractivity contribution < 1.29 is 14.3 Å². The maximum Gasteiger partial charge on any atom is 0.343 e. The number of carbonyl (C=O) groups excluding carboxylic acids is 1. The van der Waals surface area contributed by atoms with Crippen molar-refractivity contribution in [1.82, 2.24) is 9.97 Å². The predicted octanol–water partition coefficient (Wildman–Crippen LogP) is 5.12. The molecule has 0 amide bonds. The van der Waals surface area contributed by atoms with Gasteiger partial charge < -0.3 is 19.7 Å². The molecule has 1 saturated carbocycles. The van der Waals surface area contributed by atoms with Crippen molar-refractivity contribution in [3.8, 4) is 5.75 Å². The second kappa shape index (κ2) is 11.0. The SMILES string of the molecule is COC(=O)COc1cccc2c(Nc3ccccc3)nc(N(C)C3CCCCC3)nc12.Cl. The lowest BCUT2D eigenvalue weighted by atomic mass is 9.95. The molecule has 1 fully saturated rings.